The van der Waals surface area contributed by atoms with Crippen LogP contribution in [0, 0.1) is 5.92 Å². The fraction of sp³-hybridized carbons (Fsp3) is 0.417. The van der Waals surface area contributed by atoms with Crippen LogP contribution in [0.2, 0.25) is 0 Å². The Bertz CT molecular complexity index is 449. The summed E-state index contributed by atoms with van der Waals surface area (Å²) in [5, 5.41) is 2.63. The molecule has 3 N–H and O–H groups in total. The number of amides is 2. The third kappa shape index (κ3) is 4.10. The van der Waals surface area contributed by atoms with Gasteiger partial charge in [-0.3, -0.25) is 9.59 Å². The first-order chi connectivity index (χ1) is 8.41. The molecule has 0 saturated heterocycles. The van der Waals surface area contributed by atoms with Crippen LogP contribution in [0.15, 0.2) is 22.9 Å². The number of hydrogen-bond acceptors (Lipinski definition) is 3. The number of rotatable bonds is 5. The smallest absolute Gasteiger partial charge is 0.240 e. The average Bonchev–Trinajstić information content (AvgIpc) is 2.30. The van der Waals surface area contributed by atoms with Gasteiger partial charge in [0.25, 0.3) is 0 Å². The molecule has 0 saturated carbocycles. The largest absolute Gasteiger partial charge is 0.368 e. The molecule has 0 unspecified atom stereocenters. The van der Waals surface area contributed by atoms with Crippen LogP contribution in [-0.4, -0.2) is 22.8 Å². The van der Waals surface area contributed by atoms with E-state index in [0.717, 1.165) is 5.56 Å². The van der Waals surface area contributed by atoms with E-state index in [9.17, 15) is 9.59 Å². The number of nitrogens with one attached hydrogen (secondary N) is 1. The van der Waals surface area contributed by atoms with Crippen molar-refractivity contribution >= 4 is 27.7 Å². The van der Waals surface area contributed by atoms with Crippen LogP contribution in [0.5, 0.6) is 0 Å². The van der Waals surface area contributed by atoms with Gasteiger partial charge in [-0.05, 0) is 27.6 Å². The second-order valence-electron chi connectivity index (χ2n) is 4.28. The summed E-state index contributed by atoms with van der Waals surface area (Å²) in [6, 6.07) is 2.87. The van der Waals surface area contributed by atoms with Crippen molar-refractivity contribution < 1.29 is 9.59 Å². The molecule has 1 heterocycles. The summed E-state index contributed by atoms with van der Waals surface area (Å²) in [5.41, 5.74) is 6.12. The fourth-order valence-electron chi connectivity index (χ4n) is 1.35. The van der Waals surface area contributed by atoms with Gasteiger partial charge >= 0.3 is 0 Å². The van der Waals surface area contributed by atoms with Gasteiger partial charge < -0.3 is 11.1 Å². The normalized spacial score (nSPS) is 12.2. The maximum Gasteiger partial charge on any atom is 0.240 e. The lowest BCUT2D eigenvalue weighted by atomic mass is 10.1. The van der Waals surface area contributed by atoms with Crippen LogP contribution < -0.4 is 11.1 Å². The van der Waals surface area contributed by atoms with Crippen LogP contribution in [0.4, 0.5) is 0 Å². The Morgan fingerprint density at radius 2 is 2.17 bits per heavy atom. The molecule has 0 aliphatic heterocycles. The van der Waals surface area contributed by atoms with E-state index >= 15 is 0 Å². The van der Waals surface area contributed by atoms with Gasteiger partial charge in [-0.2, -0.15) is 0 Å². The van der Waals surface area contributed by atoms with Gasteiger partial charge in [-0.15, -0.1) is 0 Å². The molecule has 0 aliphatic rings. The van der Waals surface area contributed by atoms with Gasteiger partial charge in [0.15, 0.2) is 0 Å². The van der Waals surface area contributed by atoms with E-state index in [4.69, 9.17) is 5.73 Å². The highest BCUT2D eigenvalue weighted by Gasteiger charge is 2.21. The van der Waals surface area contributed by atoms with Crippen LogP contribution in [0.25, 0.3) is 0 Å². The summed E-state index contributed by atoms with van der Waals surface area (Å²) < 4.78 is 0.648. The minimum Gasteiger partial charge on any atom is -0.368 e. The van der Waals surface area contributed by atoms with Crippen LogP contribution in [0.1, 0.15) is 19.4 Å². The average molecular weight is 314 g/mol. The highest BCUT2D eigenvalue weighted by molar-refractivity contribution is 9.10. The molecule has 0 fully saturated rings. The maximum atomic E-state index is 11.6. The third-order valence-corrected chi connectivity index (χ3v) is 3.16. The maximum absolute atomic E-state index is 11.6. The molecule has 2 amide bonds. The number of carbonyl (C=O) groups excluding carboxylic acids is 2. The van der Waals surface area contributed by atoms with Crippen molar-refractivity contribution in [2.24, 2.45) is 11.7 Å². The summed E-state index contributed by atoms with van der Waals surface area (Å²) in [6.07, 6.45) is 1.96. The van der Waals surface area contributed by atoms with Crippen molar-refractivity contribution in [1.82, 2.24) is 10.3 Å². The molecule has 0 radical (unpaired) electrons. The molecular formula is C12H16BrN3O2. The minimum absolute atomic E-state index is 0.191. The molecular weight excluding hydrogens is 298 g/mol. The molecule has 0 aliphatic carbocycles. The van der Waals surface area contributed by atoms with E-state index in [-0.39, 0.29) is 11.8 Å². The quantitative estimate of drug-likeness (QED) is 0.796. The predicted octanol–water partition coefficient (Wildman–Crippen LogP) is 1.01. The van der Waals surface area contributed by atoms with Gasteiger partial charge in [0.1, 0.15) is 10.6 Å². The topological polar surface area (TPSA) is 85.1 Å². The van der Waals surface area contributed by atoms with E-state index < -0.39 is 11.9 Å². The van der Waals surface area contributed by atoms with E-state index in [0.29, 0.717) is 11.0 Å². The number of hydrogen-bond donors (Lipinski definition) is 2. The van der Waals surface area contributed by atoms with Gasteiger partial charge in [0.05, 0.1) is 0 Å². The molecule has 5 nitrogen and oxygen atoms in total. The first-order valence-corrected chi connectivity index (χ1v) is 6.40. The summed E-state index contributed by atoms with van der Waals surface area (Å²) in [5.74, 6) is -0.942. The minimum atomic E-state index is -0.722. The van der Waals surface area contributed by atoms with Crippen molar-refractivity contribution in [2.75, 3.05) is 0 Å². The van der Waals surface area contributed by atoms with Crippen molar-refractivity contribution in [1.29, 1.82) is 0 Å². The highest BCUT2D eigenvalue weighted by atomic mass is 79.9. The zero-order valence-electron chi connectivity index (χ0n) is 10.3. The molecule has 98 valence electrons. The van der Waals surface area contributed by atoms with E-state index in [2.05, 4.69) is 26.2 Å². The lowest BCUT2D eigenvalue weighted by Gasteiger charge is -2.17. The number of halogens is 1. The summed E-state index contributed by atoms with van der Waals surface area (Å²) in [4.78, 5) is 27.0. The Hall–Kier alpha value is -1.43. The lowest BCUT2D eigenvalue weighted by Crippen LogP contribution is -2.47. The van der Waals surface area contributed by atoms with E-state index in [1.54, 1.807) is 26.1 Å². The number of nitrogens with zero attached hydrogens (tertiary/aromatic N) is 1. The van der Waals surface area contributed by atoms with Crippen molar-refractivity contribution in [3.8, 4) is 0 Å². The van der Waals surface area contributed by atoms with E-state index in [1.165, 1.54) is 0 Å². The Balaban J connectivity index is 2.79. The Morgan fingerprint density at radius 1 is 1.50 bits per heavy atom. The summed E-state index contributed by atoms with van der Waals surface area (Å²) >= 11 is 3.29. The predicted molar refractivity (Wildman–Crippen MR) is 71.6 cm³/mol. The zero-order valence-corrected chi connectivity index (χ0v) is 11.9. The second-order valence-corrected chi connectivity index (χ2v) is 5.03. The zero-order chi connectivity index (χ0) is 13.7. The van der Waals surface area contributed by atoms with Crippen molar-refractivity contribution in [2.45, 2.75) is 26.3 Å². The molecule has 1 aromatic heterocycles. The van der Waals surface area contributed by atoms with Gasteiger partial charge in [-0.25, -0.2) is 4.98 Å². The number of nitrogens with two attached hydrogens (primary N) is 1. The standard InChI is InChI=1S/C12H16BrN3O2/c1-7(2)12(18)16-9(11(14)17)6-8-4-3-5-15-10(8)13/h3-5,7,9H,6H2,1-2H3,(H2,14,17)(H,16,18)/t9-/m0/s1. The molecule has 1 aromatic rings. The van der Waals surface area contributed by atoms with Crippen molar-refractivity contribution in [3.63, 3.8) is 0 Å². The van der Waals surface area contributed by atoms with Crippen LogP contribution in [0.3, 0.4) is 0 Å². The number of pyridine rings is 1. The monoisotopic (exact) mass is 313 g/mol. The second kappa shape index (κ2) is 6.49. The van der Waals surface area contributed by atoms with Crippen LogP contribution in [-0.2, 0) is 16.0 Å². The highest BCUT2D eigenvalue weighted by Crippen LogP contribution is 2.14. The molecule has 0 bridgehead atoms. The first kappa shape index (κ1) is 14.6. The Kier molecular flexibility index (Phi) is 5.27. The summed E-state index contributed by atoms with van der Waals surface area (Å²) in [6.45, 7) is 3.51. The van der Waals surface area contributed by atoms with Gasteiger partial charge in [0, 0.05) is 18.5 Å². The number of carbonyl (C=O) groups is 2. The number of primary amides is 1. The fourth-order valence-corrected chi connectivity index (χ4v) is 1.76. The summed E-state index contributed by atoms with van der Waals surface area (Å²) in [7, 11) is 0. The van der Waals surface area contributed by atoms with Gasteiger partial charge in [-0.1, -0.05) is 19.9 Å². The van der Waals surface area contributed by atoms with Gasteiger partial charge in [0.2, 0.25) is 11.8 Å². The molecule has 1 atom stereocenters. The van der Waals surface area contributed by atoms with E-state index in [1.807, 2.05) is 6.07 Å². The Morgan fingerprint density at radius 3 is 2.67 bits per heavy atom. The number of aromatic nitrogens is 1. The first-order valence-electron chi connectivity index (χ1n) is 5.61. The third-order valence-electron chi connectivity index (χ3n) is 2.44. The van der Waals surface area contributed by atoms with Crippen LogP contribution >= 0.6 is 15.9 Å². The Labute approximate surface area is 114 Å². The molecule has 18 heavy (non-hydrogen) atoms. The lowest BCUT2D eigenvalue weighted by molar-refractivity contribution is -0.129. The molecule has 0 aromatic carbocycles. The molecule has 1 rings (SSSR count). The van der Waals surface area contributed by atoms with Crippen molar-refractivity contribution in [3.05, 3.63) is 28.5 Å². The molecule has 0 spiro atoms. The SMILES string of the molecule is CC(C)C(=O)N[C@@H](Cc1cccnc1Br)C(N)=O. The molecule has 6 heteroatoms.